The van der Waals surface area contributed by atoms with Crippen LogP contribution in [-0.4, -0.2) is 30.2 Å². The van der Waals surface area contributed by atoms with E-state index < -0.39 is 12.0 Å². The molecule has 0 fully saturated rings. The molecule has 21 heavy (non-hydrogen) atoms. The number of thiophene rings is 1. The topological polar surface area (TPSA) is 69.6 Å². The highest BCUT2D eigenvalue weighted by atomic mass is 32.1. The molecular weight excluding hydrogens is 288 g/mol. The number of carbonyl (C=O) groups excluding carboxylic acids is 1. The van der Waals surface area contributed by atoms with Gasteiger partial charge in [0.15, 0.2) is 0 Å². The van der Waals surface area contributed by atoms with Crippen LogP contribution in [0.3, 0.4) is 0 Å². The average molecular weight is 304 g/mol. The summed E-state index contributed by atoms with van der Waals surface area (Å²) in [5.74, 6) is -1.05. The molecule has 2 amide bonds. The summed E-state index contributed by atoms with van der Waals surface area (Å²) in [4.78, 5) is 25.5. The monoisotopic (exact) mass is 304 g/mol. The summed E-state index contributed by atoms with van der Waals surface area (Å²) in [6, 6.07) is 12.3. The zero-order valence-corrected chi connectivity index (χ0v) is 12.2. The van der Waals surface area contributed by atoms with Gasteiger partial charge in [0.1, 0.15) is 6.54 Å². The average Bonchev–Trinajstić information content (AvgIpc) is 2.98. The van der Waals surface area contributed by atoms with E-state index in [9.17, 15) is 9.59 Å². The number of rotatable bonds is 6. The third-order valence-electron chi connectivity index (χ3n) is 2.83. The maximum Gasteiger partial charge on any atom is 0.323 e. The van der Waals surface area contributed by atoms with Gasteiger partial charge in [0.05, 0.1) is 0 Å². The molecule has 1 heterocycles. The molecule has 2 rings (SSSR count). The van der Waals surface area contributed by atoms with Crippen molar-refractivity contribution >= 4 is 29.0 Å². The second-order valence-corrected chi connectivity index (χ2v) is 5.41. The van der Waals surface area contributed by atoms with Gasteiger partial charge in [-0.2, -0.15) is 0 Å². The van der Waals surface area contributed by atoms with Crippen LogP contribution in [0.15, 0.2) is 47.8 Å². The summed E-state index contributed by atoms with van der Waals surface area (Å²) in [6.07, 6.45) is 0.735. The number of carbonyl (C=O) groups is 2. The van der Waals surface area contributed by atoms with Gasteiger partial charge in [-0.05, 0) is 30.0 Å². The van der Waals surface area contributed by atoms with Gasteiger partial charge in [-0.3, -0.25) is 9.69 Å². The van der Waals surface area contributed by atoms with Gasteiger partial charge < -0.3 is 10.4 Å². The fourth-order valence-electron chi connectivity index (χ4n) is 1.87. The zero-order valence-electron chi connectivity index (χ0n) is 11.4. The van der Waals surface area contributed by atoms with Gasteiger partial charge in [0.2, 0.25) is 0 Å². The summed E-state index contributed by atoms with van der Waals surface area (Å²) >= 11 is 1.63. The molecule has 0 aliphatic rings. The highest BCUT2D eigenvalue weighted by molar-refractivity contribution is 7.09. The molecule has 2 aromatic rings. The zero-order chi connectivity index (χ0) is 15.1. The number of amides is 2. The molecule has 6 heteroatoms. The van der Waals surface area contributed by atoms with Crippen molar-refractivity contribution in [3.63, 3.8) is 0 Å². The van der Waals surface area contributed by atoms with Gasteiger partial charge in [-0.15, -0.1) is 11.3 Å². The van der Waals surface area contributed by atoms with E-state index in [-0.39, 0.29) is 6.54 Å². The third-order valence-corrected chi connectivity index (χ3v) is 3.77. The molecule has 0 aliphatic heterocycles. The Morgan fingerprint density at radius 1 is 1.14 bits per heavy atom. The quantitative estimate of drug-likeness (QED) is 0.862. The van der Waals surface area contributed by atoms with Crippen molar-refractivity contribution in [3.8, 4) is 0 Å². The number of carboxylic acids is 1. The van der Waals surface area contributed by atoms with Crippen LogP contribution in [0, 0.1) is 0 Å². The van der Waals surface area contributed by atoms with Crippen LogP contribution in [0.5, 0.6) is 0 Å². The first kappa shape index (κ1) is 15.1. The Kier molecular flexibility index (Phi) is 5.34. The van der Waals surface area contributed by atoms with E-state index >= 15 is 0 Å². The molecule has 0 unspecified atom stereocenters. The Balaban J connectivity index is 1.96. The van der Waals surface area contributed by atoms with Gasteiger partial charge in [0.25, 0.3) is 0 Å². The summed E-state index contributed by atoms with van der Waals surface area (Å²) in [5, 5.41) is 13.7. The van der Waals surface area contributed by atoms with E-state index in [0.717, 1.165) is 6.42 Å². The highest BCUT2D eigenvalue weighted by Gasteiger charge is 2.18. The highest BCUT2D eigenvalue weighted by Crippen LogP contribution is 2.13. The number of urea groups is 1. The van der Waals surface area contributed by atoms with Crippen molar-refractivity contribution in [2.75, 3.05) is 18.0 Å². The first-order valence-electron chi connectivity index (χ1n) is 6.51. The fourth-order valence-corrected chi connectivity index (χ4v) is 2.58. The summed E-state index contributed by atoms with van der Waals surface area (Å²) in [6.45, 7) is 0.108. The lowest BCUT2D eigenvalue weighted by Gasteiger charge is -2.21. The van der Waals surface area contributed by atoms with Crippen molar-refractivity contribution in [1.29, 1.82) is 0 Å². The van der Waals surface area contributed by atoms with E-state index in [1.165, 1.54) is 9.78 Å². The van der Waals surface area contributed by atoms with E-state index in [0.29, 0.717) is 12.2 Å². The largest absolute Gasteiger partial charge is 0.480 e. The number of anilines is 1. The van der Waals surface area contributed by atoms with Gasteiger partial charge in [-0.1, -0.05) is 24.3 Å². The third kappa shape index (κ3) is 4.61. The smallest absolute Gasteiger partial charge is 0.323 e. The first-order chi connectivity index (χ1) is 10.2. The Bertz CT molecular complexity index is 584. The summed E-state index contributed by atoms with van der Waals surface area (Å²) < 4.78 is 0. The van der Waals surface area contributed by atoms with Crippen LogP contribution < -0.4 is 10.2 Å². The van der Waals surface area contributed by atoms with Gasteiger partial charge in [-0.25, -0.2) is 4.79 Å². The van der Waals surface area contributed by atoms with Crippen LogP contribution in [0.1, 0.15) is 4.88 Å². The standard InChI is InChI=1S/C15H16N2O3S/c18-14(19)11-17(12-5-2-1-3-6-12)15(20)16-9-8-13-7-4-10-21-13/h1-7,10H,8-9,11H2,(H,16,20)(H,18,19). The number of hydrogen-bond donors (Lipinski definition) is 2. The normalized spacial score (nSPS) is 10.1. The number of benzene rings is 1. The molecule has 0 spiro atoms. The lowest BCUT2D eigenvalue weighted by atomic mass is 10.3. The summed E-state index contributed by atoms with van der Waals surface area (Å²) in [7, 11) is 0. The van der Waals surface area contributed by atoms with Gasteiger partial charge in [0, 0.05) is 17.1 Å². The Hall–Kier alpha value is -2.34. The van der Waals surface area contributed by atoms with Crippen molar-refractivity contribution in [2.24, 2.45) is 0 Å². The predicted octanol–water partition coefficient (Wildman–Crippen LogP) is 2.59. The minimum absolute atomic E-state index is 0.366. The minimum Gasteiger partial charge on any atom is -0.480 e. The minimum atomic E-state index is -1.05. The molecule has 5 nitrogen and oxygen atoms in total. The van der Waals surface area contributed by atoms with E-state index in [1.54, 1.807) is 35.6 Å². The van der Waals surface area contributed by atoms with Crippen molar-refractivity contribution in [3.05, 3.63) is 52.7 Å². The fraction of sp³-hybridized carbons (Fsp3) is 0.200. The molecule has 0 bridgehead atoms. The van der Waals surface area contributed by atoms with Crippen molar-refractivity contribution < 1.29 is 14.7 Å². The molecule has 110 valence electrons. The molecule has 0 aliphatic carbocycles. The molecule has 2 N–H and O–H groups in total. The molecule has 1 aromatic carbocycles. The number of nitrogens with one attached hydrogen (secondary N) is 1. The second-order valence-electron chi connectivity index (χ2n) is 4.38. The van der Waals surface area contributed by atoms with Crippen LogP contribution >= 0.6 is 11.3 Å². The van der Waals surface area contributed by atoms with Crippen LogP contribution in [0.4, 0.5) is 10.5 Å². The van der Waals surface area contributed by atoms with E-state index in [1.807, 2.05) is 23.6 Å². The molecule has 1 aromatic heterocycles. The number of para-hydroxylation sites is 1. The SMILES string of the molecule is O=C(O)CN(C(=O)NCCc1cccs1)c1ccccc1. The van der Waals surface area contributed by atoms with Crippen molar-refractivity contribution in [2.45, 2.75) is 6.42 Å². The Labute approximate surface area is 126 Å². The summed E-state index contributed by atoms with van der Waals surface area (Å²) in [5.41, 5.74) is 0.563. The lowest BCUT2D eigenvalue weighted by molar-refractivity contribution is -0.135. The van der Waals surface area contributed by atoms with E-state index in [4.69, 9.17) is 5.11 Å². The maximum absolute atomic E-state index is 12.2. The number of hydrogen-bond acceptors (Lipinski definition) is 3. The number of nitrogens with zero attached hydrogens (tertiary/aromatic N) is 1. The Morgan fingerprint density at radius 3 is 2.52 bits per heavy atom. The van der Waals surface area contributed by atoms with E-state index in [2.05, 4.69) is 5.32 Å². The molecular formula is C15H16N2O3S. The number of aliphatic carboxylic acids is 1. The maximum atomic E-state index is 12.2. The lowest BCUT2D eigenvalue weighted by Crippen LogP contribution is -2.43. The first-order valence-corrected chi connectivity index (χ1v) is 7.39. The molecule has 0 radical (unpaired) electrons. The predicted molar refractivity (Wildman–Crippen MR) is 82.8 cm³/mol. The number of carboxylic acid groups (broad SMARTS) is 1. The molecule has 0 saturated carbocycles. The van der Waals surface area contributed by atoms with Crippen LogP contribution in [0.25, 0.3) is 0 Å². The second kappa shape index (κ2) is 7.44. The van der Waals surface area contributed by atoms with Crippen molar-refractivity contribution in [1.82, 2.24) is 5.32 Å². The van der Waals surface area contributed by atoms with Crippen LogP contribution in [0.2, 0.25) is 0 Å². The Morgan fingerprint density at radius 2 is 1.90 bits per heavy atom. The van der Waals surface area contributed by atoms with Gasteiger partial charge >= 0.3 is 12.0 Å². The van der Waals surface area contributed by atoms with Crippen LogP contribution in [-0.2, 0) is 11.2 Å². The molecule has 0 saturated heterocycles. The molecule has 0 atom stereocenters.